The molecule has 4 nitrogen and oxygen atoms in total. The molecule has 0 saturated carbocycles. The number of nitrogens with zero attached hydrogens (tertiary/aromatic N) is 2. The van der Waals surface area contributed by atoms with E-state index in [4.69, 9.17) is 16.3 Å². The monoisotopic (exact) mass is 311 g/mol. The van der Waals surface area contributed by atoms with E-state index in [9.17, 15) is 4.39 Å². The Balaban J connectivity index is 2.16. The summed E-state index contributed by atoms with van der Waals surface area (Å²) in [6, 6.07) is 4.76. The van der Waals surface area contributed by atoms with Crippen molar-refractivity contribution >= 4 is 17.3 Å². The SMILES string of the molecule is CCc1nn(CC)c(CNc2ccc(OC)c(F)c2)c1Cl. The molecule has 0 bridgehead atoms. The highest BCUT2D eigenvalue weighted by Crippen LogP contribution is 2.24. The predicted molar refractivity (Wildman–Crippen MR) is 82.6 cm³/mol. The summed E-state index contributed by atoms with van der Waals surface area (Å²) in [5.41, 5.74) is 2.47. The smallest absolute Gasteiger partial charge is 0.167 e. The summed E-state index contributed by atoms with van der Waals surface area (Å²) in [5, 5.41) is 8.30. The lowest BCUT2D eigenvalue weighted by Gasteiger charge is -2.10. The Bertz CT molecular complexity index is 628. The summed E-state index contributed by atoms with van der Waals surface area (Å²) in [6.07, 6.45) is 0.788. The topological polar surface area (TPSA) is 39.1 Å². The second-order valence-corrected chi connectivity index (χ2v) is 4.96. The van der Waals surface area contributed by atoms with Crippen molar-refractivity contribution < 1.29 is 9.13 Å². The standard InChI is InChI=1S/C15H19ClFN3O/c1-4-12-15(16)13(20(5-2)19-12)9-18-10-6-7-14(21-3)11(17)8-10/h6-8,18H,4-5,9H2,1-3H3. The highest BCUT2D eigenvalue weighted by atomic mass is 35.5. The summed E-state index contributed by atoms with van der Waals surface area (Å²) in [7, 11) is 1.44. The van der Waals surface area contributed by atoms with Gasteiger partial charge in [0.05, 0.1) is 30.1 Å². The van der Waals surface area contributed by atoms with Gasteiger partial charge in [0.2, 0.25) is 0 Å². The van der Waals surface area contributed by atoms with E-state index < -0.39 is 5.82 Å². The maximum atomic E-state index is 13.7. The van der Waals surface area contributed by atoms with Crippen molar-refractivity contribution in [3.8, 4) is 5.75 Å². The second kappa shape index (κ2) is 6.80. The molecule has 0 unspecified atom stereocenters. The number of ether oxygens (including phenoxy) is 1. The van der Waals surface area contributed by atoms with Crippen LogP contribution in [0.4, 0.5) is 10.1 Å². The van der Waals surface area contributed by atoms with Gasteiger partial charge in [-0.15, -0.1) is 0 Å². The average molecular weight is 312 g/mol. The molecule has 1 aromatic carbocycles. The van der Waals surface area contributed by atoms with Crippen LogP contribution in [0.2, 0.25) is 5.02 Å². The molecular weight excluding hydrogens is 293 g/mol. The molecule has 0 amide bonds. The zero-order valence-electron chi connectivity index (χ0n) is 12.4. The minimum Gasteiger partial charge on any atom is -0.494 e. The Hall–Kier alpha value is -1.75. The third-order valence-corrected chi connectivity index (χ3v) is 3.74. The van der Waals surface area contributed by atoms with E-state index in [2.05, 4.69) is 10.4 Å². The molecule has 1 aromatic heterocycles. The first-order chi connectivity index (χ1) is 10.1. The maximum Gasteiger partial charge on any atom is 0.167 e. The van der Waals surface area contributed by atoms with E-state index >= 15 is 0 Å². The van der Waals surface area contributed by atoms with Gasteiger partial charge in [-0.2, -0.15) is 5.10 Å². The Morgan fingerprint density at radius 2 is 2.14 bits per heavy atom. The van der Waals surface area contributed by atoms with Crippen LogP contribution in [-0.2, 0) is 19.5 Å². The Morgan fingerprint density at radius 1 is 1.38 bits per heavy atom. The summed E-state index contributed by atoms with van der Waals surface area (Å²) >= 11 is 6.34. The van der Waals surface area contributed by atoms with E-state index in [-0.39, 0.29) is 5.75 Å². The van der Waals surface area contributed by atoms with E-state index in [0.717, 1.165) is 24.4 Å². The number of aromatic nitrogens is 2. The molecule has 0 fully saturated rings. The number of benzene rings is 1. The first kappa shape index (κ1) is 15.6. The molecule has 1 N–H and O–H groups in total. The lowest BCUT2D eigenvalue weighted by molar-refractivity contribution is 0.386. The Morgan fingerprint density at radius 3 is 2.71 bits per heavy atom. The third kappa shape index (κ3) is 3.29. The van der Waals surface area contributed by atoms with Crippen molar-refractivity contribution in [2.75, 3.05) is 12.4 Å². The van der Waals surface area contributed by atoms with Crippen LogP contribution in [-0.4, -0.2) is 16.9 Å². The minimum atomic E-state index is -0.396. The fraction of sp³-hybridized carbons (Fsp3) is 0.400. The van der Waals surface area contributed by atoms with Crippen molar-refractivity contribution in [3.63, 3.8) is 0 Å². The number of aryl methyl sites for hydroxylation is 2. The fourth-order valence-electron chi connectivity index (χ4n) is 2.15. The zero-order chi connectivity index (χ0) is 15.4. The molecule has 2 aromatic rings. The number of rotatable bonds is 6. The van der Waals surface area contributed by atoms with E-state index in [0.29, 0.717) is 17.3 Å². The average Bonchev–Trinajstić information content (AvgIpc) is 2.80. The molecule has 114 valence electrons. The maximum absolute atomic E-state index is 13.7. The van der Waals surface area contributed by atoms with Crippen LogP contribution in [0.3, 0.4) is 0 Å². The molecule has 0 aliphatic carbocycles. The van der Waals surface area contributed by atoms with Crippen LogP contribution >= 0.6 is 11.6 Å². The van der Waals surface area contributed by atoms with Crippen molar-refractivity contribution in [2.45, 2.75) is 33.4 Å². The molecule has 2 rings (SSSR count). The van der Waals surface area contributed by atoms with Crippen molar-refractivity contribution in [1.29, 1.82) is 0 Å². The van der Waals surface area contributed by atoms with Crippen LogP contribution in [0.1, 0.15) is 25.2 Å². The number of hydrogen-bond donors (Lipinski definition) is 1. The number of methoxy groups -OCH3 is 1. The lowest BCUT2D eigenvalue weighted by atomic mass is 10.2. The first-order valence-electron chi connectivity index (χ1n) is 6.92. The molecule has 0 aliphatic rings. The fourth-order valence-corrected chi connectivity index (χ4v) is 2.48. The normalized spacial score (nSPS) is 10.7. The first-order valence-corrected chi connectivity index (χ1v) is 7.29. The number of nitrogens with one attached hydrogen (secondary N) is 1. The summed E-state index contributed by atoms with van der Waals surface area (Å²) in [4.78, 5) is 0. The molecule has 0 radical (unpaired) electrons. The van der Waals surface area contributed by atoms with Crippen molar-refractivity contribution in [3.05, 3.63) is 40.4 Å². The van der Waals surface area contributed by atoms with Gasteiger partial charge in [0.25, 0.3) is 0 Å². The molecule has 21 heavy (non-hydrogen) atoms. The quantitative estimate of drug-likeness (QED) is 0.880. The summed E-state index contributed by atoms with van der Waals surface area (Å²) in [6.45, 7) is 5.27. The second-order valence-electron chi connectivity index (χ2n) is 4.58. The summed E-state index contributed by atoms with van der Waals surface area (Å²) < 4.78 is 20.4. The van der Waals surface area contributed by atoms with Crippen LogP contribution in [0, 0.1) is 5.82 Å². The van der Waals surface area contributed by atoms with Crippen molar-refractivity contribution in [2.24, 2.45) is 0 Å². The van der Waals surface area contributed by atoms with Gasteiger partial charge in [0.15, 0.2) is 11.6 Å². The van der Waals surface area contributed by atoms with Crippen LogP contribution in [0.15, 0.2) is 18.2 Å². The van der Waals surface area contributed by atoms with E-state index in [1.807, 2.05) is 18.5 Å². The third-order valence-electron chi connectivity index (χ3n) is 3.31. The van der Waals surface area contributed by atoms with Gasteiger partial charge in [-0.25, -0.2) is 4.39 Å². The minimum absolute atomic E-state index is 0.227. The molecule has 0 aliphatic heterocycles. The molecule has 0 spiro atoms. The molecule has 6 heteroatoms. The molecule has 0 saturated heterocycles. The van der Waals surface area contributed by atoms with Crippen LogP contribution < -0.4 is 10.1 Å². The van der Waals surface area contributed by atoms with Gasteiger partial charge in [-0.3, -0.25) is 4.68 Å². The number of anilines is 1. The van der Waals surface area contributed by atoms with Crippen LogP contribution in [0.25, 0.3) is 0 Å². The van der Waals surface area contributed by atoms with Gasteiger partial charge in [0.1, 0.15) is 0 Å². The van der Waals surface area contributed by atoms with Gasteiger partial charge in [-0.1, -0.05) is 18.5 Å². The molecule has 1 heterocycles. The highest BCUT2D eigenvalue weighted by Gasteiger charge is 2.14. The zero-order valence-corrected chi connectivity index (χ0v) is 13.2. The van der Waals surface area contributed by atoms with E-state index in [1.54, 1.807) is 12.1 Å². The van der Waals surface area contributed by atoms with Gasteiger partial charge < -0.3 is 10.1 Å². The predicted octanol–water partition coefficient (Wildman–Crippen LogP) is 3.88. The summed E-state index contributed by atoms with van der Waals surface area (Å²) in [5.74, 6) is -0.169. The number of halogens is 2. The molecular formula is C15H19ClFN3O. The Kier molecular flexibility index (Phi) is 5.07. The van der Waals surface area contributed by atoms with Gasteiger partial charge in [-0.05, 0) is 25.5 Å². The van der Waals surface area contributed by atoms with Gasteiger partial charge >= 0.3 is 0 Å². The lowest BCUT2D eigenvalue weighted by Crippen LogP contribution is -2.08. The molecule has 0 atom stereocenters. The Labute approximate surface area is 128 Å². The van der Waals surface area contributed by atoms with Gasteiger partial charge in [0, 0.05) is 18.3 Å². The van der Waals surface area contributed by atoms with E-state index in [1.165, 1.54) is 13.2 Å². The van der Waals surface area contributed by atoms with Crippen molar-refractivity contribution in [1.82, 2.24) is 9.78 Å². The van der Waals surface area contributed by atoms with Crippen LogP contribution in [0.5, 0.6) is 5.75 Å². The largest absolute Gasteiger partial charge is 0.494 e. The highest BCUT2D eigenvalue weighted by molar-refractivity contribution is 6.31. The number of hydrogen-bond acceptors (Lipinski definition) is 3.